The van der Waals surface area contributed by atoms with Gasteiger partial charge in [-0.2, -0.15) is 4.52 Å². The zero-order chi connectivity index (χ0) is 28.7. The molecule has 0 N–H and O–H groups in total. The van der Waals surface area contributed by atoms with Gasteiger partial charge in [0.25, 0.3) is 0 Å². The van der Waals surface area contributed by atoms with E-state index in [2.05, 4.69) is 80.8 Å². The van der Waals surface area contributed by atoms with Crippen LogP contribution in [0.5, 0.6) is 0 Å². The van der Waals surface area contributed by atoms with Crippen molar-refractivity contribution in [1.82, 2.24) is 24.7 Å². The highest BCUT2D eigenvalue weighted by Gasteiger charge is 2.30. The Hall–Kier alpha value is -4.60. The summed E-state index contributed by atoms with van der Waals surface area (Å²) >= 11 is 0. The van der Waals surface area contributed by atoms with Crippen LogP contribution >= 0.6 is 0 Å². The molecule has 0 amide bonds. The number of piperazine rings is 1. The molecule has 0 bridgehead atoms. The molecular weight excluding hydrogens is 544 g/mol. The minimum atomic E-state index is -3.92. The number of hydrogen-bond donors (Lipinski definition) is 0. The molecule has 42 heavy (non-hydrogen) atoms. The Morgan fingerprint density at radius 2 is 1.31 bits per heavy atom. The van der Waals surface area contributed by atoms with Gasteiger partial charge < -0.3 is 4.90 Å². The van der Waals surface area contributed by atoms with E-state index in [9.17, 15) is 8.42 Å². The Kier molecular flexibility index (Phi) is 6.68. The molecule has 0 saturated carbocycles. The summed E-state index contributed by atoms with van der Waals surface area (Å²) in [6.45, 7) is 5.05. The maximum absolute atomic E-state index is 13.7. The average Bonchev–Trinajstić information content (AvgIpc) is 3.48. The van der Waals surface area contributed by atoms with Crippen molar-refractivity contribution in [2.75, 3.05) is 31.1 Å². The number of benzene rings is 4. The van der Waals surface area contributed by atoms with E-state index in [1.165, 1.54) is 15.6 Å². The molecule has 8 nitrogen and oxygen atoms in total. The van der Waals surface area contributed by atoms with Crippen LogP contribution in [-0.2, 0) is 9.84 Å². The molecule has 1 fully saturated rings. The van der Waals surface area contributed by atoms with Gasteiger partial charge in [-0.1, -0.05) is 95.7 Å². The van der Waals surface area contributed by atoms with E-state index in [1.54, 1.807) is 24.3 Å². The van der Waals surface area contributed by atoms with Crippen molar-refractivity contribution in [3.8, 4) is 0 Å². The van der Waals surface area contributed by atoms with Gasteiger partial charge in [0.05, 0.1) is 16.5 Å². The van der Waals surface area contributed by atoms with E-state index >= 15 is 0 Å². The number of aromatic nitrogens is 4. The van der Waals surface area contributed by atoms with E-state index in [4.69, 9.17) is 4.98 Å². The molecule has 0 radical (unpaired) electrons. The molecule has 0 atom stereocenters. The van der Waals surface area contributed by atoms with Crippen molar-refractivity contribution >= 4 is 32.2 Å². The Morgan fingerprint density at radius 1 is 0.714 bits per heavy atom. The summed E-state index contributed by atoms with van der Waals surface area (Å²) in [6, 6.07) is 36.0. The Labute approximate surface area is 244 Å². The fourth-order valence-electron chi connectivity index (χ4n) is 5.85. The number of nitrogens with zero attached hydrogens (tertiary/aromatic N) is 6. The largest absolute Gasteiger partial charge is 0.353 e. The molecule has 9 heteroatoms. The third-order valence-corrected chi connectivity index (χ3v) is 9.66. The van der Waals surface area contributed by atoms with Crippen molar-refractivity contribution in [3.63, 3.8) is 0 Å². The molecule has 6 aromatic rings. The molecule has 1 saturated heterocycles. The van der Waals surface area contributed by atoms with Crippen LogP contribution in [0.2, 0.25) is 0 Å². The number of hydrogen-bond acceptors (Lipinski definition) is 7. The first-order valence-corrected chi connectivity index (χ1v) is 15.5. The van der Waals surface area contributed by atoms with Crippen molar-refractivity contribution < 1.29 is 8.42 Å². The highest BCUT2D eigenvalue weighted by atomic mass is 32.2. The second-order valence-electron chi connectivity index (χ2n) is 10.6. The quantitative estimate of drug-likeness (QED) is 0.266. The Bertz CT molecular complexity index is 1930. The molecular formula is C33H30N6O2S. The van der Waals surface area contributed by atoms with Crippen LogP contribution in [0.15, 0.2) is 119 Å². The smallest absolute Gasteiger partial charge is 0.229 e. The molecule has 4 aromatic carbocycles. The lowest BCUT2D eigenvalue weighted by molar-refractivity contribution is 0.212. The van der Waals surface area contributed by atoms with Crippen molar-refractivity contribution in [2.24, 2.45) is 0 Å². The summed E-state index contributed by atoms with van der Waals surface area (Å²) in [7, 11) is -3.92. The molecule has 1 aliphatic heterocycles. The number of para-hydroxylation sites is 1. The summed E-state index contributed by atoms with van der Waals surface area (Å²) < 4.78 is 28.8. The van der Waals surface area contributed by atoms with Crippen LogP contribution in [0.1, 0.15) is 22.7 Å². The molecule has 0 unspecified atom stereocenters. The lowest BCUT2D eigenvalue weighted by Gasteiger charge is -2.40. The summed E-state index contributed by atoms with van der Waals surface area (Å²) in [4.78, 5) is 9.88. The molecule has 2 aromatic heterocycles. The first-order chi connectivity index (χ1) is 20.5. The van der Waals surface area contributed by atoms with Crippen LogP contribution in [0.3, 0.4) is 0 Å². The molecule has 7 rings (SSSR count). The van der Waals surface area contributed by atoms with Crippen LogP contribution in [0, 0.1) is 6.92 Å². The number of rotatable bonds is 6. The van der Waals surface area contributed by atoms with E-state index in [1.807, 2.05) is 31.2 Å². The second-order valence-corrected chi connectivity index (χ2v) is 12.5. The van der Waals surface area contributed by atoms with Crippen molar-refractivity contribution in [2.45, 2.75) is 22.9 Å². The highest BCUT2D eigenvalue weighted by molar-refractivity contribution is 7.91. The maximum Gasteiger partial charge on any atom is 0.229 e. The van der Waals surface area contributed by atoms with Gasteiger partial charge in [0, 0.05) is 31.6 Å². The zero-order valence-corrected chi connectivity index (χ0v) is 24.0. The number of sulfone groups is 1. The van der Waals surface area contributed by atoms with E-state index < -0.39 is 9.84 Å². The molecule has 210 valence electrons. The number of aryl methyl sites for hydroxylation is 1. The summed E-state index contributed by atoms with van der Waals surface area (Å²) in [5.41, 5.74) is 4.51. The molecule has 3 heterocycles. The molecule has 0 spiro atoms. The van der Waals surface area contributed by atoms with Crippen molar-refractivity contribution in [1.29, 1.82) is 0 Å². The standard InChI is InChI=1S/C33H30N6O2S/c1-24-16-18-27(19-17-24)42(40,41)33-32-34-31(28-14-8-9-15-29(28)39(32)36-35-33)38-22-20-37(21-23-38)30(25-10-4-2-5-11-25)26-12-6-3-7-13-26/h2-19,30H,20-23H2,1H3. The number of anilines is 1. The van der Waals surface area contributed by atoms with Gasteiger partial charge in [0.1, 0.15) is 5.82 Å². The van der Waals surface area contributed by atoms with Crippen LogP contribution in [0.25, 0.3) is 16.6 Å². The fourth-order valence-corrected chi connectivity index (χ4v) is 7.08. The van der Waals surface area contributed by atoms with Crippen LogP contribution in [0.4, 0.5) is 5.82 Å². The van der Waals surface area contributed by atoms with Gasteiger partial charge in [-0.25, -0.2) is 13.4 Å². The minimum absolute atomic E-state index is 0.134. The maximum atomic E-state index is 13.7. The van der Waals surface area contributed by atoms with Crippen molar-refractivity contribution in [3.05, 3.63) is 126 Å². The molecule has 1 aliphatic rings. The van der Waals surface area contributed by atoms with Gasteiger partial charge >= 0.3 is 0 Å². The predicted octanol–water partition coefficient (Wildman–Crippen LogP) is 5.33. The first-order valence-electron chi connectivity index (χ1n) is 14.1. The topological polar surface area (TPSA) is 83.7 Å². The highest BCUT2D eigenvalue weighted by Crippen LogP contribution is 2.33. The fraction of sp³-hybridized carbons (Fsp3) is 0.182. The Morgan fingerprint density at radius 3 is 1.95 bits per heavy atom. The van der Waals surface area contributed by atoms with Gasteiger partial charge in [0.15, 0.2) is 5.65 Å². The summed E-state index contributed by atoms with van der Waals surface area (Å²) in [5, 5.41) is 9.16. The third kappa shape index (κ3) is 4.60. The zero-order valence-electron chi connectivity index (χ0n) is 23.2. The van der Waals surface area contributed by atoms with E-state index in [-0.39, 0.29) is 21.6 Å². The van der Waals surface area contributed by atoms with Crippen LogP contribution in [-0.4, -0.2) is 59.3 Å². The van der Waals surface area contributed by atoms with Gasteiger partial charge in [-0.3, -0.25) is 4.90 Å². The molecule has 0 aliphatic carbocycles. The Balaban J connectivity index is 1.26. The third-order valence-electron chi connectivity index (χ3n) is 8.00. The van der Waals surface area contributed by atoms with E-state index in [0.29, 0.717) is 0 Å². The summed E-state index contributed by atoms with van der Waals surface area (Å²) in [6.07, 6.45) is 0. The van der Waals surface area contributed by atoms with Gasteiger partial charge in [-0.15, -0.1) is 5.10 Å². The monoisotopic (exact) mass is 574 g/mol. The SMILES string of the molecule is Cc1ccc(S(=O)(=O)c2nnn3c2nc(N2CCN(C(c4ccccc4)c4ccccc4)CC2)c2ccccc23)cc1. The summed E-state index contributed by atoms with van der Waals surface area (Å²) in [5.74, 6) is 0.747. The average molecular weight is 575 g/mol. The second kappa shape index (κ2) is 10.7. The predicted molar refractivity (Wildman–Crippen MR) is 163 cm³/mol. The lowest BCUT2D eigenvalue weighted by Crippen LogP contribution is -2.48. The van der Waals surface area contributed by atoms with Crippen LogP contribution < -0.4 is 4.90 Å². The normalized spacial score (nSPS) is 14.7. The minimum Gasteiger partial charge on any atom is -0.353 e. The lowest BCUT2D eigenvalue weighted by atomic mass is 9.96. The number of fused-ring (bicyclic) bond motifs is 3. The van der Waals surface area contributed by atoms with Gasteiger partial charge in [0.2, 0.25) is 14.9 Å². The first kappa shape index (κ1) is 26.3. The van der Waals surface area contributed by atoms with E-state index in [0.717, 1.165) is 48.5 Å². The van der Waals surface area contributed by atoms with Gasteiger partial charge in [-0.05, 0) is 42.3 Å².